The zero-order valence-electron chi connectivity index (χ0n) is 10.6. The van der Waals surface area contributed by atoms with Crippen molar-refractivity contribution >= 4 is 23.1 Å². The van der Waals surface area contributed by atoms with E-state index in [2.05, 4.69) is 19.2 Å². The quantitative estimate of drug-likeness (QED) is 0.644. The van der Waals surface area contributed by atoms with Crippen LogP contribution in [0.4, 0.5) is 0 Å². The summed E-state index contributed by atoms with van der Waals surface area (Å²) in [6.45, 7) is 6.69. The van der Waals surface area contributed by atoms with Crippen LogP contribution in [-0.4, -0.2) is 17.4 Å². The summed E-state index contributed by atoms with van der Waals surface area (Å²) >= 11 is 4.86. The summed E-state index contributed by atoms with van der Waals surface area (Å²) in [6.07, 6.45) is 4.01. The van der Waals surface area contributed by atoms with Crippen LogP contribution in [0.25, 0.3) is 0 Å². The Kier molecular flexibility index (Phi) is 8.16. The number of amides is 1. The van der Waals surface area contributed by atoms with Gasteiger partial charge in [0.15, 0.2) is 0 Å². The number of rotatable bonds is 8. The molecule has 0 fully saturated rings. The maximum Gasteiger partial charge on any atom is 0.223 e. The van der Waals surface area contributed by atoms with Crippen LogP contribution < -0.4 is 11.1 Å². The molecule has 3 N–H and O–H groups in total. The Hall–Kier alpha value is -0.640. The SMILES string of the molecule is CCCC(CCC)C(=O)NCC(C)C(N)=S. The second-order valence-corrected chi connectivity index (χ2v) is 4.79. The van der Waals surface area contributed by atoms with Crippen molar-refractivity contribution in [2.45, 2.75) is 46.5 Å². The number of nitrogens with two attached hydrogens (primary N) is 1. The third kappa shape index (κ3) is 6.05. The molecule has 0 aromatic rings. The molecule has 0 rings (SSSR count). The van der Waals surface area contributed by atoms with Gasteiger partial charge in [0.1, 0.15) is 0 Å². The minimum Gasteiger partial charge on any atom is -0.393 e. The zero-order valence-corrected chi connectivity index (χ0v) is 11.4. The predicted molar refractivity (Wildman–Crippen MR) is 72.3 cm³/mol. The lowest BCUT2D eigenvalue weighted by Gasteiger charge is -2.17. The fourth-order valence-corrected chi connectivity index (χ4v) is 1.69. The number of nitrogens with one attached hydrogen (secondary N) is 1. The largest absolute Gasteiger partial charge is 0.393 e. The van der Waals surface area contributed by atoms with E-state index in [0.717, 1.165) is 25.7 Å². The molecule has 0 saturated carbocycles. The van der Waals surface area contributed by atoms with E-state index >= 15 is 0 Å². The van der Waals surface area contributed by atoms with Gasteiger partial charge < -0.3 is 11.1 Å². The minimum absolute atomic E-state index is 0.0721. The van der Waals surface area contributed by atoms with E-state index in [1.54, 1.807) is 0 Å². The molecule has 0 aromatic heterocycles. The first-order chi connectivity index (χ1) is 7.52. The van der Waals surface area contributed by atoms with Crippen molar-refractivity contribution in [3.05, 3.63) is 0 Å². The summed E-state index contributed by atoms with van der Waals surface area (Å²) in [5.74, 6) is 0.364. The van der Waals surface area contributed by atoms with Crippen molar-refractivity contribution in [1.82, 2.24) is 5.32 Å². The molecule has 1 amide bonds. The van der Waals surface area contributed by atoms with Crippen molar-refractivity contribution in [2.75, 3.05) is 6.54 Å². The molecule has 0 bridgehead atoms. The van der Waals surface area contributed by atoms with E-state index in [-0.39, 0.29) is 17.7 Å². The van der Waals surface area contributed by atoms with Crippen LogP contribution in [0, 0.1) is 11.8 Å². The van der Waals surface area contributed by atoms with Crippen LogP contribution in [-0.2, 0) is 4.79 Å². The van der Waals surface area contributed by atoms with Gasteiger partial charge in [0.25, 0.3) is 0 Å². The Morgan fingerprint density at radius 1 is 1.31 bits per heavy atom. The summed E-state index contributed by atoms with van der Waals surface area (Å²) in [7, 11) is 0. The number of carbonyl (C=O) groups is 1. The van der Waals surface area contributed by atoms with Gasteiger partial charge in [0.05, 0.1) is 4.99 Å². The van der Waals surface area contributed by atoms with E-state index in [1.165, 1.54) is 0 Å². The fraction of sp³-hybridized carbons (Fsp3) is 0.833. The first-order valence-electron chi connectivity index (χ1n) is 6.09. The highest BCUT2D eigenvalue weighted by Gasteiger charge is 2.17. The lowest BCUT2D eigenvalue weighted by Crippen LogP contribution is -2.37. The lowest BCUT2D eigenvalue weighted by molar-refractivity contribution is -0.125. The number of carbonyl (C=O) groups excluding carboxylic acids is 1. The van der Waals surface area contributed by atoms with Crippen molar-refractivity contribution in [3.63, 3.8) is 0 Å². The van der Waals surface area contributed by atoms with Crippen molar-refractivity contribution < 1.29 is 4.79 Å². The highest BCUT2D eigenvalue weighted by molar-refractivity contribution is 7.80. The molecule has 0 saturated heterocycles. The summed E-state index contributed by atoms with van der Waals surface area (Å²) in [5.41, 5.74) is 5.50. The molecule has 0 aliphatic rings. The van der Waals surface area contributed by atoms with Crippen molar-refractivity contribution in [2.24, 2.45) is 17.6 Å². The predicted octanol–water partition coefficient (Wildman–Crippen LogP) is 2.24. The van der Waals surface area contributed by atoms with Gasteiger partial charge in [-0.3, -0.25) is 4.79 Å². The molecule has 0 aliphatic carbocycles. The highest BCUT2D eigenvalue weighted by Crippen LogP contribution is 2.13. The highest BCUT2D eigenvalue weighted by atomic mass is 32.1. The molecular weight excluding hydrogens is 220 g/mol. The second kappa shape index (κ2) is 8.50. The molecule has 0 heterocycles. The number of hydrogen-bond donors (Lipinski definition) is 2. The standard InChI is InChI=1S/C12H24N2OS/c1-4-6-10(7-5-2)12(15)14-8-9(3)11(13)16/h9-10H,4-8H2,1-3H3,(H2,13,16)(H,14,15). The summed E-state index contributed by atoms with van der Waals surface area (Å²) in [6, 6.07) is 0. The van der Waals surface area contributed by atoms with Crippen molar-refractivity contribution in [3.8, 4) is 0 Å². The third-order valence-corrected chi connectivity index (χ3v) is 3.12. The van der Waals surface area contributed by atoms with Crippen LogP contribution >= 0.6 is 12.2 Å². The van der Waals surface area contributed by atoms with Crippen molar-refractivity contribution in [1.29, 1.82) is 0 Å². The van der Waals surface area contributed by atoms with Crippen LogP contribution in [0.3, 0.4) is 0 Å². The Labute approximate surface area is 104 Å². The average Bonchev–Trinajstić information content (AvgIpc) is 2.24. The van der Waals surface area contributed by atoms with Gasteiger partial charge in [0, 0.05) is 18.4 Å². The normalized spacial score (nSPS) is 12.5. The molecule has 0 aliphatic heterocycles. The summed E-state index contributed by atoms with van der Waals surface area (Å²) < 4.78 is 0. The Morgan fingerprint density at radius 2 is 1.81 bits per heavy atom. The first-order valence-corrected chi connectivity index (χ1v) is 6.50. The Balaban J connectivity index is 4.04. The monoisotopic (exact) mass is 244 g/mol. The van der Waals surface area contributed by atoms with E-state index in [4.69, 9.17) is 18.0 Å². The molecule has 1 unspecified atom stereocenters. The van der Waals surface area contributed by atoms with E-state index in [1.807, 2.05) is 6.92 Å². The van der Waals surface area contributed by atoms with Gasteiger partial charge in [-0.15, -0.1) is 0 Å². The van der Waals surface area contributed by atoms with Crippen LogP contribution in [0.1, 0.15) is 46.5 Å². The van der Waals surface area contributed by atoms with E-state index in [9.17, 15) is 4.79 Å². The number of thiocarbonyl (C=S) groups is 1. The van der Waals surface area contributed by atoms with Gasteiger partial charge in [-0.1, -0.05) is 45.8 Å². The Morgan fingerprint density at radius 3 is 2.19 bits per heavy atom. The van der Waals surface area contributed by atoms with Gasteiger partial charge in [-0.2, -0.15) is 0 Å². The molecular formula is C12H24N2OS. The molecule has 0 radical (unpaired) electrons. The van der Waals surface area contributed by atoms with Crippen LogP contribution in [0.5, 0.6) is 0 Å². The fourth-order valence-electron chi connectivity index (χ4n) is 1.60. The van der Waals surface area contributed by atoms with E-state index in [0.29, 0.717) is 11.5 Å². The van der Waals surface area contributed by atoms with Crippen LogP contribution in [0.15, 0.2) is 0 Å². The summed E-state index contributed by atoms with van der Waals surface area (Å²) in [4.78, 5) is 12.3. The van der Waals surface area contributed by atoms with Gasteiger partial charge >= 0.3 is 0 Å². The molecule has 0 spiro atoms. The molecule has 94 valence electrons. The molecule has 0 aromatic carbocycles. The topological polar surface area (TPSA) is 55.1 Å². The van der Waals surface area contributed by atoms with Gasteiger partial charge in [-0.05, 0) is 12.8 Å². The van der Waals surface area contributed by atoms with Crippen LogP contribution in [0.2, 0.25) is 0 Å². The summed E-state index contributed by atoms with van der Waals surface area (Å²) in [5, 5.41) is 2.93. The molecule has 1 atom stereocenters. The Bertz CT molecular complexity index is 225. The average molecular weight is 244 g/mol. The molecule has 16 heavy (non-hydrogen) atoms. The first kappa shape index (κ1) is 15.4. The third-order valence-electron chi connectivity index (χ3n) is 2.71. The zero-order chi connectivity index (χ0) is 12.6. The smallest absolute Gasteiger partial charge is 0.223 e. The maximum atomic E-state index is 11.9. The second-order valence-electron chi connectivity index (χ2n) is 4.32. The molecule has 3 nitrogen and oxygen atoms in total. The minimum atomic E-state index is 0.0721. The molecule has 4 heteroatoms. The van der Waals surface area contributed by atoms with Gasteiger partial charge in [-0.25, -0.2) is 0 Å². The van der Waals surface area contributed by atoms with E-state index < -0.39 is 0 Å². The maximum absolute atomic E-state index is 11.9. The number of hydrogen-bond acceptors (Lipinski definition) is 2. The van der Waals surface area contributed by atoms with Gasteiger partial charge in [0.2, 0.25) is 5.91 Å². The lowest BCUT2D eigenvalue weighted by atomic mass is 9.97.